The van der Waals surface area contributed by atoms with Gasteiger partial charge in [0, 0.05) is 22.9 Å². The lowest BCUT2D eigenvalue weighted by Gasteiger charge is -2.15. The Morgan fingerprint density at radius 3 is 2.11 bits per heavy atom. The highest BCUT2D eigenvalue weighted by molar-refractivity contribution is 6.17. The second-order valence-electron chi connectivity index (χ2n) is 9.18. The molecular formula is C33H28O5. The minimum Gasteiger partial charge on any atom is -0.478 e. The number of carboxylic acids is 1. The Hall–Kier alpha value is -4.64. The Kier molecular flexibility index (Phi) is 7.36. The van der Waals surface area contributed by atoms with Gasteiger partial charge in [0.15, 0.2) is 5.78 Å². The van der Waals surface area contributed by atoms with E-state index in [0.29, 0.717) is 22.4 Å². The Bertz CT molecular complexity index is 1550. The molecular weight excluding hydrogens is 476 g/mol. The summed E-state index contributed by atoms with van der Waals surface area (Å²) < 4.78 is 11.8. The lowest BCUT2D eigenvalue weighted by atomic mass is 9.96. The van der Waals surface area contributed by atoms with Crippen LogP contribution in [-0.2, 0) is 11.2 Å². The number of ether oxygens (including phenoxy) is 1. The van der Waals surface area contributed by atoms with Crippen LogP contribution >= 0.6 is 0 Å². The molecule has 1 atom stereocenters. The maximum atomic E-state index is 13.5. The van der Waals surface area contributed by atoms with Gasteiger partial charge >= 0.3 is 5.97 Å². The molecule has 0 saturated heterocycles. The number of fused-ring (bicyclic) bond motifs is 1. The highest BCUT2D eigenvalue weighted by atomic mass is 16.5. The van der Waals surface area contributed by atoms with Crippen molar-refractivity contribution in [1.29, 1.82) is 0 Å². The van der Waals surface area contributed by atoms with E-state index in [2.05, 4.69) is 6.92 Å². The zero-order valence-corrected chi connectivity index (χ0v) is 21.1. The summed E-state index contributed by atoms with van der Waals surface area (Å²) >= 11 is 0. The summed E-state index contributed by atoms with van der Waals surface area (Å²) in [6, 6.07) is 31.3. The van der Waals surface area contributed by atoms with Crippen LogP contribution in [0.1, 0.15) is 53.1 Å². The highest BCUT2D eigenvalue weighted by Crippen LogP contribution is 2.31. The molecule has 5 aromatic rings. The van der Waals surface area contributed by atoms with E-state index in [1.165, 1.54) is 0 Å². The van der Waals surface area contributed by atoms with E-state index in [1.807, 2.05) is 66.7 Å². The Morgan fingerprint density at radius 1 is 0.816 bits per heavy atom. The normalized spacial score (nSPS) is 11.8. The molecule has 0 aliphatic heterocycles. The molecule has 1 heterocycles. The molecule has 190 valence electrons. The van der Waals surface area contributed by atoms with Gasteiger partial charge < -0.3 is 14.3 Å². The molecule has 0 aliphatic carbocycles. The molecule has 1 N–H and O–H groups in total. The molecule has 4 aromatic carbocycles. The number of carbonyl (C=O) groups excluding carboxylic acids is 1. The summed E-state index contributed by atoms with van der Waals surface area (Å²) in [5.74, 6) is 0.108. The number of benzene rings is 4. The van der Waals surface area contributed by atoms with Crippen molar-refractivity contribution in [3.05, 3.63) is 126 Å². The first kappa shape index (κ1) is 25.0. The van der Waals surface area contributed by atoms with Crippen molar-refractivity contribution >= 4 is 22.7 Å². The standard InChI is InChI=1S/C33H28O5/c1-2-3-12-29-30(27-11-7-8-13-28(27)38-29)31(34)24-16-14-22(15-17-24)23-18-20-26(21-19-23)37-32(33(35)36)25-9-5-4-6-10-25/h4-11,13-21,32H,2-3,12H2,1H3,(H,35,36). The van der Waals surface area contributed by atoms with Gasteiger partial charge in [0.2, 0.25) is 6.10 Å². The minimum atomic E-state index is -1.09. The van der Waals surface area contributed by atoms with E-state index >= 15 is 0 Å². The maximum Gasteiger partial charge on any atom is 0.349 e. The van der Waals surface area contributed by atoms with Gasteiger partial charge in [-0.25, -0.2) is 4.79 Å². The first-order valence-corrected chi connectivity index (χ1v) is 12.7. The molecule has 0 fully saturated rings. The predicted molar refractivity (Wildman–Crippen MR) is 148 cm³/mol. The molecule has 0 aliphatic rings. The molecule has 1 unspecified atom stereocenters. The lowest BCUT2D eigenvalue weighted by molar-refractivity contribution is -0.145. The Balaban J connectivity index is 1.35. The second kappa shape index (κ2) is 11.2. The number of hydrogen-bond donors (Lipinski definition) is 1. The van der Waals surface area contributed by atoms with Crippen LogP contribution in [0.3, 0.4) is 0 Å². The number of rotatable bonds is 10. The zero-order chi connectivity index (χ0) is 26.5. The van der Waals surface area contributed by atoms with Crippen LogP contribution in [0.15, 0.2) is 108 Å². The van der Waals surface area contributed by atoms with Crippen molar-refractivity contribution < 1.29 is 23.8 Å². The van der Waals surface area contributed by atoms with E-state index in [9.17, 15) is 14.7 Å². The SMILES string of the molecule is CCCCc1oc2ccccc2c1C(=O)c1ccc(-c2ccc(OC(C(=O)O)c3ccccc3)cc2)cc1. The van der Waals surface area contributed by atoms with Crippen LogP contribution in [0.25, 0.3) is 22.1 Å². The number of aryl methyl sites for hydroxylation is 1. The van der Waals surface area contributed by atoms with Crippen LogP contribution in [0.5, 0.6) is 5.75 Å². The van der Waals surface area contributed by atoms with Gasteiger partial charge in [-0.3, -0.25) is 4.79 Å². The number of ketones is 1. The number of aliphatic carboxylic acids is 1. The third kappa shape index (κ3) is 5.23. The summed E-state index contributed by atoms with van der Waals surface area (Å²) in [6.07, 6.45) is 1.61. The van der Waals surface area contributed by atoms with E-state index < -0.39 is 12.1 Å². The maximum absolute atomic E-state index is 13.5. The molecule has 0 radical (unpaired) electrons. The molecule has 5 heteroatoms. The van der Waals surface area contributed by atoms with Gasteiger partial charge in [-0.15, -0.1) is 0 Å². The van der Waals surface area contributed by atoms with Crippen molar-refractivity contribution in [3.63, 3.8) is 0 Å². The van der Waals surface area contributed by atoms with E-state index in [1.54, 1.807) is 36.4 Å². The van der Waals surface area contributed by atoms with Crippen molar-refractivity contribution in [2.24, 2.45) is 0 Å². The van der Waals surface area contributed by atoms with Crippen LogP contribution < -0.4 is 4.74 Å². The number of carboxylic acid groups (broad SMARTS) is 1. The first-order valence-electron chi connectivity index (χ1n) is 12.7. The fraction of sp³-hybridized carbons (Fsp3) is 0.152. The van der Waals surface area contributed by atoms with Crippen LogP contribution in [0, 0.1) is 0 Å². The average Bonchev–Trinajstić information content (AvgIpc) is 3.33. The molecule has 0 spiro atoms. The monoisotopic (exact) mass is 504 g/mol. The van der Waals surface area contributed by atoms with Gasteiger partial charge in [0.25, 0.3) is 0 Å². The van der Waals surface area contributed by atoms with Gasteiger partial charge in [-0.05, 0) is 35.7 Å². The summed E-state index contributed by atoms with van der Waals surface area (Å²) in [7, 11) is 0. The summed E-state index contributed by atoms with van der Waals surface area (Å²) in [5, 5.41) is 10.5. The molecule has 0 saturated carbocycles. The molecule has 0 bridgehead atoms. The van der Waals surface area contributed by atoms with E-state index in [0.717, 1.165) is 47.1 Å². The number of furan rings is 1. The predicted octanol–water partition coefficient (Wildman–Crippen LogP) is 7.88. The van der Waals surface area contributed by atoms with E-state index in [-0.39, 0.29) is 5.78 Å². The molecule has 5 rings (SSSR count). The number of unbranched alkanes of at least 4 members (excludes halogenated alkanes) is 1. The minimum absolute atomic E-state index is 0.0445. The quantitative estimate of drug-likeness (QED) is 0.196. The van der Waals surface area contributed by atoms with Crippen LogP contribution in [-0.4, -0.2) is 16.9 Å². The van der Waals surface area contributed by atoms with Gasteiger partial charge in [0.1, 0.15) is 17.1 Å². The molecule has 38 heavy (non-hydrogen) atoms. The Morgan fingerprint density at radius 2 is 1.45 bits per heavy atom. The third-order valence-electron chi connectivity index (χ3n) is 6.57. The lowest BCUT2D eigenvalue weighted by Crippen LogP contribution is -2.18. The fourth-order valence-electron chi connectivity index (χ4n) is 4.57. The van der Waals surface area contributed by atoms with Crippen molar-refractivity contribution in [2.75, 3.05) is 0 Å². The fourth-order valence-corrected chi connectivity index (χ4v) is 4.57. The highest BCUT2D eigenvalue weighted by Gasteiger charge is 2.23. The number of hydrogen-bond acceptors (Lipinski definition) is 4. The van der Waals surface area contributed by atoms with Crippen LogP contribution in [0.4, 0.5) is 0 Å². The van der Waals surface area contributed by atoms with Gasteiger partial charge in [-0.1, -0.05) is 98.3 Å². The zero-order valence-electron chi connectivity index (χ0n) is 21.1. The second-order valence-corrected chi connectivity index (χ2v) is 9.18. The first-order chi connectivity index (χ1) is 18.5. The van der Waals surface area contributed by atoms with Crippen molar-refractivity contribution in [2.45, 2.75) is 32.3 Å². The van der Waals surface area contributed by atoms with Gasteiger partial charge in [-0.2, -0.15) is 0 Å². The van der Waals surface area contributed by atoms with E-state index in [4.69, 9.17) is 9.15 Å². The van der Waals surface area contributed by atoms with Gasteiger partial charge in [0.05, 0.1) is 5.56 Å². The number of para-hydroxylation sites is 1. The summed E-state index contributed by atoms with van der Waals surface area (Å²) in [5.41, 5.74) is 4.43. The van der Waals surface area contributed by atoms with Crippen LogP contribution in [0.2, 0.25) is 0 Å². The topological polar surface area (TPSA) is 76.7 Å². The third-order valence-corrected chi connectivity index (χ3v) is 6.57. The van der Waals surface area contributed by atoms with Crippen molar-refractivity contribution in [3.8, 4) is 16.9 Å². The van der Waals surface area contributed by atoms with Crippen molar-refractivity contribution in [1.82, 2.24) is 0 Å². The largest absolute Gasteiger partial charge is 0.478 e. The molecule has 5 nitrogen and oxygen atoms in total. The Labute approximate surface area is 221 Å². The number of carbonyl (C=O) groups is 2. The summed E-state index contributed by atoms with van der Waals surface area (Å²) in [6.45, 7) is 2.12. The summed E-state index contributed by atoms with van der Waals surface area (Å²) in [4.78, 5) is 25.3. The molecule has 0 amide bonds. The average molecular weight is 505 g/mol. The smallest absolute Gasteiger partial charge is 0.349 e. The molecule has 1 aromatic heterocycles.